The molecular formula is C22H23NO4. The quantitative estimate of drug-likeness (QED) is 0.723. The van der Waals surface area contributed by atoms with Crippen molar-refractivity contribution in [3.05, 3.63) is 52.7 Å². The number of aryl methyl sites for hydroxylation is 1. The van der Waals surface area contributed by atoms with E-state index in [9.17, 15) is 4.79 Å². The fourth-order valence-corrected chi connectivity index (χ4v) is 4.32. The molecule has 5 heteroatoms. The minimum Gasteiger partial charge on any atom is -0.478 e. The Morgan fingerprint density at radius 1 is 1.11 bits per heavy atom. The van der Waals surface area contributed by atoms with Gasteiger partial charge in [0.05, 0.1) is 11.1 Å². The Labute approximate surface area is 158 Å². The number of carbonyl (C=O) groups excluding carboxylic acids is 1. The summed E-state index contributed by atoms with van der Waals surface area (Å²) in [5, 5.41) is 0. The molecule has 1 aliphatic carbocycles. The van der Waals surface area contributed by atoms with Crippen LogP contribution in [0.2, 0.25) is 0 Å². The largest absolute Gasteiger partial charge is 0.478 e. The van der Waals surface area contributed by atoms with Crippen molar-refractivity contribution in [2.24, 2.45) is 0 Å². The van der Waals surface area contributed by atoms with E-state index in [-0.39, 0.29) is 5.78 Å². The van der Waals surface area contributed by atoms with Gasteiger partial charge in [-0.05, 0) is 44.0 Å². The van der Waals surface area contributed by atoms with Gasteiger partial charge in [-0.15, -0.1) is 0 Å². The fraction of sp³-hybridized carbons (Fsp3) is 0.409. The third-order valence-electron chi connectivity index (χ3n) is 5.77. The molecular weight excluding hydrogens is 342 g/mol. The minimum absolute atomic E-state index is 0.100. The summed E-state index contributed by atoms with van der Waals surface area (Å²) in [5.41, 5.74) is 1.59. The molecule has 1 fully saturated rings. The molecule has 0 spiro atoms. The summed E-state index contributed by atoms with van der Waals surface area (Å²) < 4.78 is 17.6. The van der Waals surface area contributed by atoms with E-state index >= 15 is 0 Å². The minimum atomic E-state index is -0.100. The zero-order chi connectivity index (χ0) is 18.4. The molecule has 3 heterocycles. The molecule has 1 aromatic heterocycles. The predicted octanol–water partition coefficient (Wildman–Crippen LogP) is 4.69. The van der Waals surface area contributed by atoms with Crippen LogP contribution in [-0.2, 0) is 6.54 Å². The number of ether oxygens (including phenoxy) is 2. The summed E-state index contributed by atoms with van der Waals surface area (Å²) in [6.07, 6.45) is 8.00. The van der Waals surface area contributed by atoms with E-state index in [1.807, 2.05) is 25.1 Å². The first-order valence-electron chi connectivity index (χ1n) is 9.72. The number of fused-ring (bicyclic) bond motifs is 3. The van der Waals surface area contributed by atoms with Crippen LogP contribution in [0.25, 0.3) is 6.08 Å². The maximum Gasteiger partial charge on any atom is 0.232 e. The number of hydrogen-bond donors (Lipinski definition) is 0. The second kappa shape index (κ2) is 6.57. The van der Waals surface area contributed by atoms with E-state index in [0.717, 1.165) is 23.6 Å². The Hall–Kier alpha value is -2.53. The lowest BCUT2D eigenvalue weighted by Gasteiger charge is -2.37. The summed E-state index contributed by atoms with van der Waals surface area (Å²) in [5.74, 6) is 3.10. The Kier molecular flexibility index (Phi) is 4.05. The van der Waals surface area contributed by atoms with Gasteiger partial charge in [0.1, 0.15) is 29.8 Å². The molecule has 1 aromatic carbocycles. The van der Waals surface area contributed by atoms with Crippen LogP contribution in [0.4, 0.5) is 0 Å². The molecule has 2 aromatic rings. The highest BCUT2D eigenvalue weighted by atomic mass is 16.5. The first-order valence-corrected chi connectivity index (χ1v) is 9.72. The van der Waals surface area contributed by atoms with E-state index < -0.39 is 0 Å². The third-order valence-corrected chi connectivity index (χ3v) is 5.77. The van der Waals surface area contributed by atoms with Gasteiger partial charge in [0, 0.05) is 18.7 Å². The lowest BCUT2D eigenvalue weighted by atomic mass is 9.93. The van der Waals surface area contributed by atoms with Gasteiger partial charge in [-0.2, -0.15) is 0 Å². The van der Waals surface area contributed by atoms with Crippen molar-refractivity contribution in [3.63, 3.8) is 0 Å². The van der Waals surface area contributed by atoms with Crippen molar-refractivity contribution >= 4 is 11.9 Å². The van der Waals surface area contributed by atoms with Crippen molar-refractivity contribution in [3.8, 4) is 11.5 Å². The molecule has 140 valence electrons. The number of ketones is 1. The van der Waals surface area contributed by atoms with Crippen LogP contribution >= 0.6 is 0 Å². The smallest absolute Gasteiger partial charge is 0.232 e. The van der Waals surface area contributed by atoms with Gasteiger partial charge in [-0.1, -0.05) is 19.3 Å². The van der Waals surface area contributed by atoms with E-state index in [0.29, 0.717) is 35.6 Å². The van der Waals surface area contributed by atoms with Crippen molar-refractivity contribution < 1.29 is 18.7 Å². The van der Waals surface area contributed by atoms with Crippen LogP contribution in [0.15, 0.2) is 34.4 Å². The highest BCUT2D eigenvalue weighted by molar-refractivity contribution is 6.14. The lowest BCUT2D eigenvalue weighted by Crippen LogP contribution is -2.41. The molecule has 0 N–H and O–H groups in total. The van der Waals surface area contributed by atoms with E-state index in [4.69, 9.17) is 13.9 Å². The molecule has 3 aliphatic rings. The van der Waals surface area contributed by atoms with Crippen LogP contribution in [0.1, 0.15) is 59.5 Å². The molecule has 5 nitrogen and oxygen atoms in total. The van der Waals surface area contributed by atoms with Crippen molar-refractivity contribution in [2.75, 3.05) is 6.73 Å². The normalized spacial score (nSPS) is 21.7. The van der Waals surface area contributed by atoms with Gasteiger partial charge in [0.15, 0.2) is 5.76 Å². The highest BCUT2D eigenvalue weighted by Crippen LogP contribution is 2.43. The Morgan fingerprint density at radius 3 is 2.74 bits per heavy atom. The molecule has 0 bridgehead atoms. The predicted molar refractivity (Wildman–Crippen MR) is 101 cm³/mol. The summed E-state index contributed by atoms with van der Waals surface area (Å²) in [6.45, 7) is 3.25. The number of nitrogens with zero attached hydrogens (tertiary/aromatic N) is 1. The fourth-order valence-electron chi connectivity index (χ4n) is 4.32. The van der Waals surface area contributed by atoms with E-state index in [1.54, 1.807) is 12.1 Å². The number of allylic oxidation sites excluding steroid dienone is 1. The standard InChI is InChI=1S/C22H23NO4/c1-14-7-8-16(26-14)11-20-21(24)17-9-10-19-18(22(17)27-20)12-23(13-25-19)15-5-3-2-4-6-15/h7-11,15H,2-6,12-13H2,1H3/b20-11+. The van der Waals surface area contributed by atoms with Crippen molar-refractivity contribution in [2.45, 2.75) is 51.6 Å². The zero-order valence-electron chi connectivity index (χ0n) is 15.5. The van der Waals surface area contributed by atoms with Crippen LogP contribution in [0, 0.1) is 6.92 Å². The Balaban J connectivity index is 1.45. The molecule has 0 atom stereocenters. The molecule has 0 unspecified atom stereocenters. The molecule has 0 amide bonds. The topological polar surface area (TPSA) is 51.9 Å². The van der Waals surface area contributed by atoms with Crippen LogP contribution < -0.4 is 9.47 Å². The van der Waals surface area contributed by atoms with Crippen molar-refractivity contribution in [1.82, 2.24) is 4.90 Å². The molecule has 5 rings (SSSR count). The van der Waals surface area contributed by atoms with E-state index in [1.165, 1.54) is 32.1 Å². The molecule has 1 saturated carbocycles. The summed E-state index contributed by atoms with van der Waals surface area (Å²) >= 11 is 0. The highest BCUT2D eigenvalue weighted by Gasteiger charge is 2.35. The first-order chi connectivity index (χ1) is 13.2. The van der Waals surface area contributed by atoms with Gasteiger partial charge < -0.3 is 13.9 Å². The zero-order valence-corrected chi connectivity index (χ0v) is 15.5. The Bertz CT molecular complexity index is 920. The van der Waals surface area contributed by atoms with Gasteiger partial charge in [-0.3, -0.25) is 9.69 Å². The summed E-state index contributed by atoms with van der Waals surface area (Å²) in [4.78, 5) is 15.2. The molecule has 0 radical (unpaired) electrons. The first kappa shape index (κ1) is 16.6. The molecule has 2 aliphatic heterocycles. The van der Waals surface area contributed by atoms with Crippen LogP contribution in [0.5, 0.6) is 11.5 Å². The van der Waals surface area contributed by atoms with Crippen LogP contribution in [-0.4, -0.2) is 23.5 Å². The number of rotatable bonds is 2. The summed E-state index contributed by atoms with van der Waals surface area (Å²) in [6, 6.07) is 7.97. The SMILES string of the molecule is Cc1ccc(/C=C2/Oc3c(ccc4c3CN(C3CCCCC3)CO4)C2=O)o1. The van der Waals surface area contributed by atoms with Crippen molar-refractivity contribution in [1.29, 1.82) is 0 Å². The van der Waals surface area contributed by atoms with Gasteiger partial charge in [-0.25, -0.2) is 0 Å². The van der Waals surface area contributed by atoms with E-state index in [2.05, 4.69) is 4.90 Å². The number of hydrogen-bond acceptors (Lipinski definition) is 5. The Morgan fingerprint density at radius 2 is 1.96 bits per heavy atom. The maximum absolute atomic E-state index is 12.8. The monoisotopic (exact) mass is 365 g/mol. The number of carbonyl (C=O) groups is 1. The third kappa shape index (κ3) is 2.96. The average Bonchev–Trinajstić information content (AvgIpc) is 3.25. The summed E-state index contributed by atoms with van der Waals surface area (Å²) in [7, 11) is 0. The van der Waals surface area contributed by atoms with Gasteiger partial charge >= 0.3 is 0 Å². The van der Waals surface area contributed by atoms with Gasteiger partial charge in [0.25, 0.3) is 0 Å². The van der Waals surface area contributed by atoms with Gasteiger partial charge in [0.2, 0.25) is 5.78 Å². The molecule has 0 saturated heterocycles. The lowest BCUT2D eigenvalue weighted by molar-refractivity contribution is 0.0394. The number of furan rings is 1. The second-order valence-corrected chi connectivity index (χ2v) is 7.62. The molecule has 27 heavy (non-hydrogen) atoms. The number of Topliss-reactive ketones (excluding diaryl/α,β-unsaturated/α-hetero) is 1. The number of benzene rings is 1. The maximum atomic E-state index is 12.8. The second-order valence-electron chi connectivity index (χ2n) is 7.62. The average molecular weight is 365 g/mol. The van der Waals surface area contributed by atoms with Crippen LogP contribution in [0.3, 0.4) is 0 Å².